The summed E-state index contributed by atoms with van der Waals surface area (Å²) in [4.78, 5) is 10.8. The van der Waals surface area contributed by atoms with Crippen LogP contribution in [0.15, 0.2) is 0 Å². The van der Waals surface area contributed by atoms with Crippen LogP contribution in [0.3, 0.4) is 0 Å². The highest BCUT2D eigenvalue weighted by Crippen LogP contribution is 2.47. The third kappa shape index (κ3) is 0.504. The molecule has 0 aromatic carbocycles. The maximum absolute atomic E-state index is 10.8. The quantitative estimate of drug-likeness (QED) is 0.460. The highest BCUT2D eigenvalue weighted by Gasteiger charge is 2.44. The van der Waals surface area contributed by atoms with Crippen molar-refractivity contribution >= 4 is 5.78 Å². The van der Waals surface area contributed by atoms with Crippen molar-refractivity contribution in [3.63, 3.8) is 0 Å². The molecule has 0 amide bonds. The lowest BCUT2D eigenvalue weighted by atomic mass is 10.00. The topological polar surface area (TPSA) is 17.1 Å². The minimum Gasteiger partial charge on any atom is -0.299 e. The maximum Gasteiger partial charge on any atom is 0.136 e. The van der Waals surface area contributed by atoms with Crippen molar-refractivity contribution in [2.45, 2.75) is 25.7 Å². The van der Waals surface area contributed by atoms with Gasteiger partial charge in [-0.1, -0.05) is 0 Å². The van der Waals surface area contributed by atoms with E-state index in [2.05, 4.69) is 0 Å². The van der Waals surface area contributed by atoms with Crippen molar-refractivity contribution in [1.82, 2.24) is 0 Å². The van der Waals surface area contributed by atoms with Crippen molar-refractivity contribution in [3.8, 4) is 0 Å². The predicted octanol–water partition coefficient (Wildman–Crippen LogP) is 1.38. The second-order valence-electron chi connectivity index (χ2n) is 2.96. The molecule has 2 atom stereocenters. The van der Waals surface area contributed by atoms with E-state index in [1.165, 1.54) is 19.3 Å². The van der Waals surface area contributed by atoms with Crippen LogP contribution in [0.25, 0.3) is 0 Å². The van der Waals surface area contributed by atoms with Crippen LogP contribution in [0.1, 0.15) is 25.7 Å². The molecule has 2 fully saturated rings. The SMILES string of the molecule is O=C1CCC[C@H]2C[C@H]12. The Kier molecular flexibility index (Phi) is 0.758. The lowest BCUT2D eigenvalue weighted by Crippen LogP contribution is -2.07. The van der Waals surface area contributed by atoms with E-state index < -0.39 is 0 Å². The van der Waals surface area contributed by atoms with Crippen molar-refractivity contribution in [2.24, 2.45) is 11.8 Å². The highest BCUT2D eigenvalue weighted by atomic mass is 16.1. The summed E-state index contributed by atoms with van der Waals surface area (Å²) in [6, 6.07) is 0. The first-order chi connectivity index (χ1) is 3.88. The Balaban J connectivity index is 2.08. The van der Waals surface area contributed by atoms with E-state index in [-0.39, 0.29) is 0 Å². The second kappa shape index (κ2) is 1.34. The number of hydrogen-bond acceptors (Lipinski definition) is 1. The maximum atomic E-state index is 10.8. The van der Waals surface area contributed by atoms with Gasteiger partial charge in [-0.25, -0.2) is 0 Å². The molecule has 2 aliphatic rings. The highest BCUT2D eigenvalue weighted by molar-refractivity contribution is 5.84. The number of fused-ring (bicyclic) bond motifs is 1. The van der Waals surface area contributed by atoms with Gasteiger partial charge in [-0.05, 0) is 25.2 Å². The smallest absolute Gasteiger partial charge is 0.136 e. The molecule has 2 saturated carbocycles. The van der Waals surface area contributed by atoms with E-state index in [1.54, 1.807) is 0 Å². The second-order valence-corrected chi connectivity index (χ2v) is 2.96. The molecule has 1 heteroatoms. The Bertz CT molecular complexity index is 128. The summed E-state index contributed by atoms with van der Waals surface area (Å²) < 4.78 is 0. The van der Waals surface area contributed by atoms with Crippen molar-refractivity contribution in [1.29, 1.82) is 0 Å². The van der Waals surface area contributed by atoms with Gasteiger partial charge in [0.2, 0.25) is 0 Å². The number of hydrogen-bond donors (Lipinski definition) is 0. The average Bonchev–Trinajstić information content (AvgIpc) is 2.45. The van der Waals surface area contributed by atoms with Crippen LogP contribution in [-0.4, -0.2) is 5.78 Å². The van der Waals surface area contributed by atoms with Gasteiger partial charge in [-0.2, -0.15) is 0 Å². The summed E-state index contributed by atoms with van der Waals surface area (Å²) in [5.74, 6) is 1.90. The number of carbonyl (C=O) groups is 1. The molecule has 0 bridgehead atoms. The molecule has 0 spiro atoms. The standard InChI is InChI=1S/C7H10O/c8-7-3-1-2-5-4-6(5)7/h5-6H,1-4H2/t5-,6-/m0/s1. The minimum atomic E-state index is 0.531. The monoisotopic (exact) mass is 110 g/mol. The molecule has 0 saturated heterocycles. The summed E-state index contributed by atoms with van der Waals surface area (Å²) in [6.45, 7) is 0. The zero-order valence-corrected chi connectivity index (χ0v) is 4.89. The van der Waals surface area contributed by atoms with Gasteiger partial charge in [-0.15, -0.1) is 0 Å². The average molecular weight is 110 g/mol. The molecule has 0 N–H and O–H groups in total. The third-order valence-corrected chi connectivity index (χ3v) is 2.33. The third-order valence-electron chi connectivity index (χ3n) is 2.33. The lowest BCUT2D eigenvalue weighted by molar-refractivity contribution is -0.121. The number of carbonyl (C=O) groups excluding carboxylic acids is 1. The van der Waals surface area contributed by atoms with E-state index in [0.29, 0.717) is 11.7 Å². The Labute approximate surface area is 49.1 Å². The van der Waals surface area contributed by atoms with Gasteiger partial charge in [-0.3, -0.25) is 4.79 Å². The largest absolute Gasteiger partial charge is 0.299 e. The molecule has 0 aliphatic heterocycles. The first-order valence-corrected chi connectivity index (χ1v) is 3.40. The van der Waals surface area contributed by atoms with Crippen LogP contribution in [0, 0.1) is 11.8 Å². The van der Waals surface area contributed by atoms with Gasteiger partial charge in [0.05, 0.1) is 0 Å². The van der Waals surface area contributed by atoms with E-state index in [1.807, 2.05) is 0 Å². The summed E-state index contributed by atoms with van der Waals surface area (Å²) >= 11 is 0. The fourth-order valence-electron chi connectivity index (χ4n) is 1.68. The molecule has 0 unspecified atom stereocenters. The van der Waals surface area contributed by atoms with Crippen LogP contribution >= 0.6 is 0 Å². The Morgan fingerprint density at radius 3 is 3.00 bits per heavy atom. The molecule has 2 rings (SSSR count). The number of rotatable bonds is 0. The molecule has 2 aliphatic carbocycles. The molecular formula is C7H10O. The van der Waals surface area contributed by atoms with Gasteiger partial charge in [0.15, 0.2) is 0 Å². The first kappa shape index (κ1) is 4.54. The molecule has 0 aromatic rings. The Morgan fingerprint density at radius 1 is 1.50 bits per heavy atom. The Morgan fingerprint density at radius 2 is 2.38 bits per heavy atom. The van der Waals surface area contributed by atoms with Crippen LogP contribution in [0.4, 0.5) is 0 Å². The van der Waals surface area contributed by atoms with Crippen molar-refractivity contribution < 1.29 is 4.79 Å². The zero-order chi connectivity index (χ0) is 5.56. The Hall–Kier alpha value is -0.330. The fourth-order valence-corrected chi connectivity index (χ4v) is 1.68. The molecule has 0 heterocycles. The fraction of sp³-hybridized carbons (Fsp3) is 0.857. The van der Waals surface area contributed by atoms with E-state index in [0.717, 1.165) is 12.3 Å². The van der Waals surface area contributed by atoms with E-state index in [9.17, 15) is 4.79 Å². The number of ketones is 1. The zero-order valence-electron chi connectivity index (χ0n) is 4.89. The molecule has 44 valence electrons. The summed E-state index contributed by atoms with van der Waals surface area (Å²) in [5.41, 5.74) is 0. The molecule has 0 aromatic heterocycles. The molecule has 1 nitrogen and oxygen atoms in total. The first-order valence-electron chi connectivity index (χ1n) is 3.40. The van der Waals surface area contributed by atoms with Gasteiger partial charge in [0.1, 0.15) is 5.78 Å². The summed E-state index contributed by atoms with van der Waals surface area (Å²) in [6.07, 6.45) is 4.59. The molecule has 8 heavy (non-hydrogen) atoms. The van der Waals surface area contributed by atoms with Crippen LogP contribution in [0.5, 0.6) is 0 Å². The van der Waals surface area contributed by atoms with Crippen molar-refractivity contribution in [2.75, 3.05) is 0 Å². The summed E-state index contributed by atoms with van der Waals surface area (Å²) in [7, 11) is 0. The van der Waals surface area contributed by atoms with Gasteiger partial charge >= 0.3 is 0 Å². The molecule has 0 radical (unpaired) electrons. The van der Waals surface area contributed by atoms with Crippen LogP contribution < -0.4 is 0 Å². The van der Waals surface area contributed by atoms with Crippen molar-refractivity contribution in [3.05, 3.63) is 0 Å². The lowest BCUT2D eigenvalue weighted by Gasteiger charge is -2.04. The van der Waals surface area contributed by atoms with Gasteiger partial charge in [0.25, 0.3) is 0 Å². The van der Waals surface area contributed by atoms with E-state index in [4.69, 9.17) is 0 Å². The van der Waals surface area contributed by atoms with Gasteiger partial charge < -0.3 is 0 Å². The van der Waals surface area contributed by atoms with E-state index >= 15 is 0 Å². The molecular weight excluding hydrogens is 100 g/mol. The van der Waals surface area contributed by atoms with Gasteiger partial charge in [0, 0.05) is 12.3 Å². The normalized spacial score (nSPS) is 43.8. The minimum absolute atomic E-state index is 0.531. The summed E-state index contributed by atoms with van der Waals surface area (Å²) in [5, 5.41) is 0. The van der Waals surface area contributed by atoms with Crippen LogP contribution in [-0.2, 0) is 4.79 Å². The predicted molar refractivity (Wildman–Crippen MR) is 30.5 cm³/mol. The van der Waals surface area contributed by atoms with Crippen LogP contribution in [0.2, 0.25) is 0 Å². The number of Topliss-reactive ketones (excluding diaryl/α,β-unsaturated/α-hetero) is 1.